The zero-order valence-electron chi connectivity index (χ0n) is 11.5. The molecule has 2 aromatic rings. The van der Waals surface area contributed by atoms with Crippen LogP contribution in [0.2, 0.25) is 0 Å². The molecule has 1 aromatic heterocycles. The van der Waals surface area contributed by atoms with E-state index < -0.39 is 0 Å². The molecule has 0 aliphatic heterocycles. The smallest absolute Gasteiger partial charge is 0.272 e. The van der Waals surface area contributed by atoms with Gasteiger partial charge in [0.05, 0.1) is 0 Å². The van der Waals surface area contributed by atoms with Crippen LogP contribution < -0.4 is 5.73 Å². The predicted octanol–water partition coefficient (Wildman–Crippen LogP) is 3.23. The number of pyridine rings is 1. The molecule has 1 heterocycles. The maximum absolute atomic E-state index is 12.7. The second kappa shape index (κ2) is 5.85. The molecule has 1 aromatic carbocycles. The van der Waals surface area contributed by atoms with Gasteiger partial charge in [-0.2, -0.15) is 0 Å². The van der Waals surface area contributed by atoms with Crippen LogP contribution >= 0.6 is 15.9 Å². The maximum atomic E-state index is 12.7. The summed E-state index contributed by atoms with van der Waals surface area (Å²) in [5.41, 5.74) is 8.16. The van der Waals surface area contributed by atoms with Crippen LogP contribution in [0.25, 0.3) is 0 Å². The minimum atomic E-state index is -0.0340. The summed E-state index contributed by atoms with van der Waals surface area (Å²) < 4.78 is 0.865. The highest BCUT2D eigenvalue weighted by atomic mass is 79.9. The number of benzene rings is 1. The lowest BCUT2D eigenvalue weighted by Gasteiger charge is -2.23. The van der Waals surface area contributed by atoms with Crippen molar-refractivity contribution in [3.8, 4) is 0 Å². The summed E-state index contributed by atoms with van der Waals surface area (Å²) in [5, 5.41) is 0. The lowest BCUT2D eigenvalue weighted by Crippen LogP contribution is -2.33. The molecule has 0 saturated heterocycles. The first-order valence-corrected chi connectivity index (χ1v) is 7.70. The normalized spacial score (nSPS) is 14.0. The number of rotatable bonds is 4. The van der Waals surface area contributed by atoms with Crippen LogP contribution in [0, 0.1) is 0 Å². The zero-order chi connectivity index (χ0) is 14.8. The predicted molar refractivity (Wildman–Crippen MR) is 85.7 cm³/mol. The first-order chi connectivity index (χ1) is 10.1. The van der Waals surface area contributed by atoms with Crippen LogP contribution in [-0.4, -0.2) is 21.8 Å². The van der Waals surface area contributed by atoms with Crippen molar-refractivity contribution in [2.45, 2.75) is 25.4 Å². The second-order valence-corrected chi connectivity index (χ2v) is 6.14. The summed E-state index contributed by atoms with van der Waals surface area (Å²) in [6, 6.07) is 11.6. The van der Waals surface area contributed by atoms with Crippen LogP contribution in [-0.2, 0) is 6.54 Å². The Labute approximate surface area is 132 Å². The molecule has 21 heavy (non-hydrogen) atoms. The molecule has 1 fully saturated rings. The van der Waals surface area contributed by atoms with E-state index in [9.17, 15) is 4.79 Å². The lowest BCUT2D eigenvalue weighted by atomic mass is 10.1. The van der Waals surface area contributed by atoms with Crippen LogP contribution in [0.5, 0.6) is 0 Å². The Bertz CT molecular complexity index is 653. The SMILES string of the molecule is Nc1ccccc1CN(C(=O)c1ccc(Br)cn1)C1CC1. The number of nitrogens with zero attached hydrogens (tertiary/aromatic N) is 2. The molecule has 108 valence electrons. The fraction of sp³-hybridized carbons (Fsp3) is 0.250. The van der Waals surface area contributed by atoms with Gasteiger partial charge in [-0.15, -0.1) is 0 Å². The molecule has 1 amide bonds. The van der Waals surface area contributed by atoms with Crippen molar-refractivity contribution in [3.05, 3.63) is 58.3 Å². The maximum Gasteiger partial charge on any atom is 0.272 e. The van der Waals surface area contributed by atoms with Gasteiger partial charge in [0, 0.05) is 28.9 Å². The summed E-state index contributed by atoms with van der Waals surface area (Å²) in [6.07, 6.45) is 3.75. The molecule has 0 atom stereocenters. The first-order valence-electron chi connectivity index (χ1n) is 6.91. The topological polar surface area (TPSA) is 59.2 Å². The number of nitrogens with two attached hydrogens (primary N) is 1. The Morgan fingerprint density at radius 3 is 2.67 bits per heavy atom. The van der Waals surface area contributed by atoms with Gasteiger partial charge in [0.25, 0.3) is 5.91 Å². The van der Waals surface area contributed by atoms with Crippen LogP contribution in [0.4, 0.5) is 5.69 Å². The summed E-state index contributed by atoms with van der Waals surface area (Å²) in [5.74, 6) is -0.0340. The Morgan fingerprint density at radius 2 is 2.05 bits per heavy atom. The molecule has 0 bridgehead atoms. The fourth-order valence-corrected chi connectivity index (χ4v) is 2.50. The highest BCUT2D eigenvalue weighted by Crippen LogP contribution is 2.30. The lowest BCUT2D eigenvalue weighted by molar-refractivity contribution is 0.0724. The standard InChI is InChI=1S/C16H16BrN3O/c17-12-5-8-15(19-9-12)16(21)20(13-6-7-13)10-11-3-1-2-4-14(11)18/h1-5,8-9,13H,6-7,10,18H2. The fourth-order valence-electron chi connectivity index (χ4n) is 2.26. The molecular formula is C16H16BrN3O. The highest BCUT2D eigenvalue weighted by Gasteiger charge is 2.33. The Hall–Kier alpha value is -1.88. The van der Waals surface area contributed by atoms with Gasteiger partial charge in [0.15, 0.2) is 0 Å². The van der Waals surface area contributed by atoms with Crippen LogP contribution in [0.1, 0.15) is 28.9 Å². The molecule has 1 aliphatic rings. The van der Waals surface area contributed by atoms with Crippen molar-refractivity contribution in [2.75, 3.05) is 5.73 Å². The molecule has 5 heteroatoms. The summed E-state index contributed by atoms with van der Waals surface area (Å²) >= 11 is 3.33. The van der Waals surface area contributed by atoms with E-state index in [-0.39, 0.29) is 5.91 Å². The molecule has 1 saturated carbocycles. The minimum absolute atomic E-state index is 0.0340. The Morgan fingerprint density at radius 1 is 1.29 bits per heavy atom. The number of nitrogen functional groups attached to an aromatic ring is 1. The van der Waals surface area contributed by atoms with Gasteiger partial charge in [0.2, 0.25) is 0 Å². The van der Waals surface area contributed by atoms with E-state index in [1.807, 2.05) is 35.2 Å². The van der Waals surface area contributed by atoms with E-state index in [1.54, 1.807) is 12.3 Å². The van der Waals surface area contributed by atoms with Crippen molar-refractivity contribution in [1.29, 1.82) is 0 Å². The van der Waals surface area contributed by atoms with Crippen molar-refractivity contribution in [2.24, 2.45) is 0 Å². The number of carbonyl (C=O) groups excluding carboxylic acids is 1. The van der Waals surface area contributed by atoms with Crippen molar-refractivity contribution >= 4 is 27.5 Å². The molecule has 0 radical (unpaired) electrons. The highest BCUT2D eigenvalue weighted by molar-refractivity contribution is 9.10. The molecule has 4 nitrogen and oxygen atoms in total. The van der Waals surface area contributed by atoms with E-state index in [2.05, 4.69) is 20.9 Å². The monoisotopic (exact) mass is 345 g/mol. The number of carbonyl (C=O) groups is 1. The van der Waals surface area contributed by atoms with Gasteiger partial charge in [-0.1, -0.05) is 18.2 Å². The Kier molecular flexibility index (Phi) is 3.92. The first kappa shape index (κ1) is 14.1. The van der Waals surface area contributed by atoms with Gasteiger partial charge in [-0.3, -0.25) is 4.79 Å². The number of aromatic nitrogens is 1. The molecule has 2 N–H and O–H groups in total. The van der Waals surface area contributed by atoms with Gasteiger partial charge in [-0.25, -0.2) is 4.98 Å². The third-order valence-electron chi connectivity index (χ3n) is 3.59. The van der Waals surface area contributed by atoms with E-state index in [1.165, 1.54) is 0 Å². The number of anilines is 1. The van der Waals surface area contributed by atoms with Crippen molar-refractivity contribution < 1.29 is 4.79 Å². The summed E-state index contributed by atoms with van der Waals surface area (Å²) in [6.45, 7) is 0.536. The molecule has 0 spiro atoms. The number of hydrogen-bond acceptors (Lipinski definition) is 3. The number of hydrogen-bond donors (Lipinski definition) is 1. The largest absolute Gasteiger partial charge is 0.398 e. The third kappa shape index (κ3) is 3.24. The average Bonchev–Trinajstić information content (AvgIpc) is 3.31. The van der Waals surface area contributed by atoms with E-state index in [0.717, 1.165) is 28.6 Å². The Balaban J connectivity index is 1.83. The molecular weight excluding hydrogens is 330 g/mol. The third-order valence-corrected chi connectivity index (χ3v) is 4.06. The average molecular weight is 346 g/mol. The van der Waals surface area contributed by atoms with Gasteiger partial charge >= 0.3 is 0 Å². The van der Waals surface area contributed by atoms with Gasteiger partial charge < -0.3 is 10.6 Å². The minimum Gasteiger partial charge on any atom is -0.398 e. The number of para-hydroxylation sites is 1. The van der Waals surface area contributed by atoms with Crippen LogP contribution in [0.15, 0.2) is 47.1 Å². The van der Waals surface area contributed by atoms with Crippen molar-refractivity contribution in [1.82, 2.24) is 9.88 Å². The molecule has 1 aliphatic carbocycles. The van der Waals surface area contributed by atoms with E-state index in [4.69, 9.17) is 5.73 Å². The number of halogens is 1. The van der Waals surface area contributed by atoms with Crippen LogP contribution in [0.3, 0.4) is 0 Å². The van der Waals surface area contributed by atoms with E-state index >= 15 is 0 Å². The van der Waals surface area contributed by atoms with Gasteiger partial charge in [0.1, 0.15) is 5.69 Å². The number of amides is 1. The molecule has 0 unspecified atom stereocenters. The quantitative estimate of drug-likeness (QED) is 0.865. The van der Waals surface area contributed by atoms with Gasteiger partial charge in [-0.05, 0) is 52.5 Å². The van der Waals surface area contributed by atoms with E-state index in [0.29, 0.717) is 18.3 Å². The zero-order valence-corrected chi connectivity index (χ0v) is 13.1. The second-order valence-electron chi connectivity index (χ2n) is 5.22. The molecule has 3 rings (SSSR count). The van der Waals surface area contributed by atoms with Crippen molar-refractivity contribution in [3.63, 3.8) is 0 Å². The summed E-state index contributed by atoms with van der Waals surface area (Å²) in [7, 11) is 0. The summed E-state index contributed by atoms with van der Waals surface area (Å²) in [4.78, 5) is 18.7.